The van der Waals surface area contributed by atoms with Crippen molar-refractivity contribution in [3.63, 3.8) is 0 Å². The van der Waals surface area contributed by atoms with Gasteiger partial charge in [-0.1, -0.05) is 32.4 Å². The first-order valence-corrected chi connectivity index (χ1v) is 10.8. The second kappa shape index (κ2) is 9.32. The van der Waals surface area contributed by atoms with E-state index < -0.39 is 27.8 Å². The highest BCUT2D eigenvalue weighted by molar-refractivity contribution is 7.89. The summed E-state index contributed by atoms with van der Waals surface area (Å²) in [6.07, 6.45) is 3.05. The number of sulfonamides is 1. The van der Waals surface area contributed by atoms with Crippen molar-refractivity contribution in [3.8, 4) is 0 Å². The van der Waals surface area contributed by atoms with E-state index >= 15 is 0 Å². The van der Waals surface area contributed by atoms with Gasteiger partial charge in [0.25, 0.3) is 5.91 Å². The van der Waals surface area contributed by atoms with Crippen LogP contribution in [0.5, 0.6) is 0 Å². The van der Waals surface area contributed by atoms with Gasteiger partial charge in [0.1, 0.15) is 0 Å². The first-order chi connectivity index (χ1) is 12.7. The Morgan fingerprint density at radius 2 is 1.78 bits per heavy atom. The number of rotatable bonds is 8. The van der Waals surface area contributed by atoms with Crippen molar-refractivity contribution in [2.24, 2.45) is 11.8 Å². The van der Waals surface area contributed by atoms with E-state index in [1.807, 2.05) is 13.8 Å². The smallest absolute Gasteiger partial charge is 0.308 e. The third kappa shape index (κ3) is 5.52. The van der Waals surface area contributed by atoms with Crippen LogP contribution in [0.25, 0.3) is 0 Å². The lowest BCUT2D eigenvalue weighted by molar-refractivity contribution is -0.142. The minimum atomic E-state index is -3.76. The van der Waals surface area contributed by atoms with Crippen molar-refractivity contribution in [1.82, 2.24) is 9.62 Å². The Labute approximate surface area is 160 Å². The lowest BCUT2D eigenvalue weighted by atomic mass is 9.97. The SMILES string of the molecule is CC(C)CC(CNC(=O)c1ccccc1S(=O)(=O)N1CCCCC1)C(=O)O. The highest BCUT2D eigenvalue weighted by Gasteiger charge is 2.30. The van der Waals surface area contributed by atoms with Gasteiger partial charge < -0.3 is 10.4 Å². The van der Waals surface area contributed by atoms with Gasteiger partial charge in [0.2, 0.25) is 10.0 Å². The number of hydrogen-bond donors (Lipinski definition) is 2. The summed E-state index contributed by atoms with van der Waals surface area (Å²) in [5.41, 5.74) is 0.0526. The van der Waals surface area contributed by atoms with Crippen LogP contribution in [0, 0.1) is 11.8 Å². The van der Waals surface area contributed by atoms with Crippen molar-refractivity contribution < 1.29 is 23.1 Å². The monoisotopic (exact) mass is 396 g/mol. The highest BCUT2D eigenvalue weighted by atomic mass is 32.2. The summed E-state index contributed by atoms with van der Waals surface area (Å²) in [5, 5.41) is 11.9. The van der Waals surface area contributed by atoms with Crippen LogP contribution >= 0.6 is 0 Å². The number of carboxylic acids is 1. The predicted octanol–water partition coefficient (Wildman–Crippen LogP) is 2.34. The number of carbonyl (C=O) groups is 2. The summed E-state index contributed by atoms with van der Waals surface area (Å²) in [4.78, 5) is 24.0. The molecule has 150 valence electrons. The molecule has 8 heteroatoms. The van der Waals surface area contributed by atoms with Gasteiger partial charge in [0, 0.05) is 19.6 Å². The van der Waals surface area contributed by atoms with Gasteiger partial charge in [-0.05, 0) is 37.3 Å². The molecule has 1 fully saturated rings. The topological polar surface area (TPSA) is 104 Å². The molecule has 1 unspecified atom stereocenters. The standard InChI is InChI=1S/C19H28N2O5S/c1-14(2)12-15(19(23)24)13-20-18(22)16-8-4-5-9-17(16)27(25,26)21-10-6-3-7-11-21/h4-5,8-9,14-15H,3,6-7,10-13H2,1-2H3,(H,20,22)(H,23,24). The Morgan fingerprint density at radius 1 is 1.15 bits per heavy atom. The summed E-state index contributed by atoms with van der Waals surface area (Å²) >= 11 is 0. The molecule has 1 aliphatic heterocycles. The maximum Gasteiger partial charge on any atom is 0.308 e. The third-order valence-corrected chi connectivity index (χ3v) is 6.64. The Hall–Kier alpha value is -1.93. The van der Waals surface area contributed by atoms with E-state index in [1.165, 1.54) is 16.4 Å². The van der Waals surface area contributed by atoms with E-state index in [0.717, 1.165) is 19.3 Å². The molecular formula is C19H28N2O5S. The minimum Gasteiger partial charge on any atom is -0.481 e. The lowest BCUT2D eigenvalue weighted by Crippen LogP contribution is -2.38. The Kier molecular flexibility index (Phi) is 7.38. The van der Waals surface area contributed by atoms with Gasteiger partial charge in [-0.25, -0.2) is 8.42 Å². The summed E-state index contributed by atoms with van der Waals surface area (Å²) in [6, 6.07) is 6.09. The van der Waals surface area contributed by atoms with Gasteiger partial charge in [-0.15, -0.1) is 0 Å². The number of nitrogens with zero attached hydrogens (tertiary/aromatic N) is 1. The molecule has 2 N–H and O–H groups in total. The molecule has 1 amide bonds. The molecule has 0 aromatic heterocycles. The number of amides is 1. The molecule has 0 aliphatic carbocycles. The number of nitrogens with one attached hydrogen (secondary N) is 1. The second-order valence-corrected chi connectivity index (χ2v) is 9.24. The second-order valence-electron chi connectivity index (χ2n) is 7.34. The molecule has 7 nitrogen and oxygen atoms in total. The number of carboxylic acid groups (broad SMARTS) is 1. The van der Waals surface area contributed by atoms with E-state index in [-0.39, 0.29) is 22.9 Å². The lowest BCUT2D eigenvalue weighted by Gasteiger charge is -2.26. The van der Waals surface area contributed by atoms with Gasteiger partial charge in [0.05, 0.1) is 16.4 Å². The van der Waals surface area contributed by atoms with E-state index in [4.69, 9.17) is 0 Å². The number of carbonyl (C=O) groups excluding carboxylic acids is 1. The number of piperidine rings is 1. The number of hydrogen-bond acceptors (Lipinski definition) is 4. The number of aliphatic carboxylic acids is 1. The Balaban J connectivity index is 2.19. The first kappa shape index (κ1) is 21.4. The zero-order valence-electron chi connectivity index (χ0n) is 15.8. The van der Waals surface area contributed by atoms with Gasteiger partial charge in [-0.3, -0.25) is 9.59 Å². The molecule has 27 heavy (non-hydrogen) atoms. The van der Waals surface area contributed by atoms with Gasteiger partial charge in [-0.2, -0.15) is 4.31 Å². The predicted molar refractivity (Wildman–Crippen MR) is 102 cm³/mol. The summed E-state index contributed by atoms with van der Waals surface area (Å²) < 4.78 is 27.3. The fraction of sp³-hybridized carbons (Fsp3) is 0.579. The van der Waals surface area contributed by atoms with Crippen LogP contribution in [0.15, 0.2) is 29.2 Å². The molecule has 0 spiro atoms. The number of benzene rings is 1. The molecule has 2 rings (SSSR count). The van der Waals surface area contributed by atoms with Crippen molar-refractivity contribution in [2.45, 2.75) is 44.4 Å². The molecule has 1 aromatic rings. The van der Waals surface area contributed by atoms with Crippen LogP contribution in [-0.4, -0.2) is 49.3 Å². The van der Waals surface area contributed by atoms with Crippen LogP contribution in [0.4, 0.5) is 0 Å². The van der Waals surface area contributed by atoms with Crippen LogP contribution in [0.1, 0.15) is 49.9 Å². The molecule has 1 aliphatic rings. The van der Waals surface area contributed by atoms with Crippen LogP contribution in [0.3, 0.4) is 0 Å². The maximum absolute atomic E-state index is 13.0. The molecule has 0 bridgehead atoms. The zero-order valence-corrected chi connectivity index (χ0v) is 16.7. The highest BCUT2D eigenvalue weighted by Crippen LogP contribution is 2.23. The molecule has 0 radical (unpaired) electrons. The normalized spacial score (nSPS) is 16.9. The van der Waals surface area contributed by atoms with Crippen molar-refractivity contribution in [3.05, 3.63) is 29.8 Å². The molecule has 1 aromatic carbocycles. The molecular weight excluding hydrogens is 368 g/mol. The summed E-state index contributed by atoms with van der Waals surface area (Å²) in [7, 11) is -3.76. The maximum atomic E-state index is 13.0. The molecule has 0 saturated carbocycles. The minimum absolute atomic E-state index is 0.0277. The van der Waals surface area contributed by atoms with Crippen molar-refractivity contribution in [1.29, 1.82) is 0 Å². The van der Waals surface area contributed by atoms with Crippen molar-refractivity contribution in [2.75, 3.05) is 19.6 Å². The molecule has 1 atom stereocenters. The van der Waals surface area contributed by atoms with Crippen molar-refractivity contribution >= 4 is 21.9 Å². The van der Waals surface area contributed by atoms with Crippen LogP contribution in [0.2, 0.25) is 0 Å². The molecule has 1 heterocycles. The summed E-state index contributed by atoms with van der Waals surface area (Å²) in [6.45, 7) is 4.70. The first-order valence-electron chi connectivity index (χ1n) is 9.33. The quantitative estimate of drug-likeness (QED) is 0.702. The van der Waals surface area contributed by atoms with E-state index in [0.29, 0.717) is 19.5 Å². The largest absolute Gasteiger partial charge is 0.481 e. The third-order valence-electron chi connectivity index (χ3n) is 4.68. The summed E-state index contributed by atoms with van der Waals surface area (Å²) in [5.74, 6) is -2.08. The van der Waals surface area contributed by atoms with E-state index in [9.17, 15) is 23.1 Å². The van der Waals surface area contributed by atoms with Crippen LogP contribution < -0.4 is 5.32 Å². The fourth-order valence-corrected chi connectivity index (χ4v) is 4.98. The van der Waals surface area contributed by atoms with E-state index in [2.05, 4.69) is 5.32 Å². The van der Waals surface area contributed by atoms with Gasteiger partial charge in [0.15, 0.2) is 0 Å². The van der Waals surface area contributed by atoms with Gasteiger partial charge >= 0.3 is 5.97 Å². The molecule has 1 saturated heterocycles. The fourth-order valence-electron chi connectivity index (χ4n) is 3.28. The van der Waals surface area contributed by atoms with E-state index in [1.54, 1.807) is 12.1 Å². The average Bonchev–Trinajstić information content (AvgIpc) is 2.65. The van der Waals surface area contributed by atoms with Crippen LogP contribution in [-0.2, 0) is 14.8 Å². The Bertz CT molecular complexity index is 770. The Morgan fingerprint density at radius 3 is 2.37 bits per heavy atom. The zero-order chi connectivity index (χ0) is 20.0. The average molecular weight is 397 g/mol.